The highest BCUT2D eigenvalue weighted by molar-refractivity contribution is 6.07. The van der Waals surface area contributed by atoms with Crippen molar-refractivity contribution in [1.82, 2.24) is 20.0 Å². The van der Waals surface area contributed by atoms with Crippen molar-refractivity contribution in [1.29, 1.82) is 0 Å². The number of nitrogens with one attached hydrogen (secondary N) is 1. The molecule has 3 aliphatic heterocycles. The van der Waals surface area contributed by atoms with Crippen LogP contribution in [0.2, 0.25) is 0 Å². The average Bonchev–Trinajstić information content (AvgIpc) is 2.97. The molecule has 5 rings (SSSR count). The molecule has 27 heavy (non-hydrogen) atoms. The van der Waals surface area contributed by atoms with Crippen molar-refractivity contribution in [2.24, 2.45) is 0 Å². The van der Waals surface area contributed by atoms with Crippen molar-refractivity contribution in [2.45, 2.75) is 81.1 Å². The van der Waals surface area contributed by atoms with E-state index in [2.05, 4.69) is 10.2 Å². The topological polar surface area (TPSA) is 93.2 Å². The Balaban J connectivity index is 1.27. The van der Waals surface area contributed by atoms with Crippen LogP contribution < -0.4 is 5.32 Å². The zero-order valence-corrected chi connectivity index (χ0v) is 15.8. The molecule has 2 bridgehead atoms. The first kappa shape index (κ1) is 17.4. The number of amides is 4. The minimum atomic E-state index is -1.76. The first-order valence-corrected chi connectivity index (χ1v) is 10.2. The number of aliphatic hydroxyl groups is 1. The van der Waals surface area contributed by atoms with Gasteiger partial charge in [-0.15, -0.1) is 0 Å². The molecule has 1 spiro atoms. The molecule has 5 fully saturated rings. The van der Waals surface area contributed by atoms with Gasteiger partial charge in [-0.05, 0) is 39.0 Å². The summed E-state index contributed by atoms with van der Waals surface area (Å²) < 4.78 is 0. The zero-order chi connectivity index (χ0) is 19.0. The maximum atomic E-state index is 13.1. The van der Waals surface area contributed by atoms with Crippen LogP contribution in [0.25, 0.3) is 0 Å². The van der Waals surface area contributed by atoms with Crippen LogP contribution in [0, 0.1) is 0 Å². The Morgan fingerprint density at radius 3 is 2.48 bits per heavy atom. The minimum absolute atomic E-state index is 0.138. The maximum Gasteiger partial charge on any atom is 0.325 e. The van der Waals surface area contributed by atoms with Gasteiger partial charge in [0, 0.05) is 31.2 Å². The van der Waals surface area contributed by atoms with E-state index in [0.29, 0.717) is 31.5 Å². The SMILES string of the molecule is CC(O)(CN1C(=O)NC2(CCCC2)C1=O)C(=O)N1C[C@@H]2C[C@H]1CN2C1CC1. The first-order valence-electron chi connectivity index (χ1n) is 10.2. The molecule has 148 valence electrons. The fraction of sp³-hybridized carbons (Fsp3) is 0.842. The van der Waals surface area contributed by atoms with E-state index in [0.717, 1.165) is 30.7 Å². The standard InChI is InChI=1S/C19H28N4O4/c1-18(27,11-23-16(25)19(20-17(23)26)6-2-3-7-19)15(24)22-10-13-8-14(22)9-21(13)12-4-5-12/h12-14,27H,2-11H2,1H3,(H,20,26)/t13-,14-,18?/m0/s1. The summed E-state index contributed by atoms with van der Waals surface area (Å²) in [6, 6.07) is 0.726. The number of urea groups is 1. The Bertz CT molecular complexity index is 698. The molecular formula is C19H28N4O4. The fourth-order valence-corrected chi connectivity index (χ4v) is 5.62. The maximum absolute atomic E-state index is 13.1. The number of carbonyl (C=O) groups is 3. The van der Waals surface area contributed by atoms with Gasteiger partial charge in [0.2, 0.25) is 0 Å². The van der Waals surface area contributed by atoms with Gasteiger partial charge in [-0.1, -0.05) is 12.8 Å². The Labute approximate surface area is 158 Å². The number of β-amino-alcohol motifs (C(OH)–C–C–N with tert-alkyl or cyclic N) is 1. The predicted molar refractivity (Wildman–Crippen MR) is 95.7 cm³/mol. The smallest absolute Gasteiger partial charge is 0.325 e. The predicted octanol–water partition coefficient (Wildman–Crippen LogP) is 0.0495. The molecule has 4 amide bonds. The van der Waals surface area contributed by atoms with Gasteiger partial charge in [0.25, 0.3) is 11.8 Å². The number of hydrogen-bond donors (Lipinski definition) is 2. The summed E-state index contributed by atoms with van der Waals surface area (Å²) in [6.45, 7) is 2.67. The van der Waals surface area contributed by atoms with Crippen molar-refractivity contribution in [3.8, 4) is 0 Å². The van der Waals surface area contributed by atoms with Crippen LogP contribution in [-0.2, 0) is 9.59 Å². The Morgan fingerprint density at radius 2 is 1.89 bits per heavy atom. The summed E-state index contributed by atoms with van der Waals surface area (Å²) in [6.07, 6.45) is 6.55. The van der Waals surface area contributed by atoms with Crippen molar-refractivity contribution in [3.63, 3.8) is 0 Å². The second-order valence-corrected chi connectivity index (χ2v) is 9.31. The first-order chi connectivity index (χ1) is 12.8. The van der Waals surface area contributed by atoms with E-state index in [9.17, 15) is 19.5 Å². The highest BCUT2D eigenvalue weighted by atomic mass is 16.3. The summed E-state index contributed by atoms with van der Waals surface area (Å²) >= 11 is 0. The highest BCUT2D eigenvalue weighted by Gasteiger charge is 2.56. The third kappa shape index (κ3) is 2.60. The lowest BCUT2D eigenvalue weighted by atomic mass is 9.97. The molecule has 5 aliphatic rings. The molecule has 2 saturated carbocycles. The van der Waals surface area contributed by atoms with Gasteiger partial charge in [0.15, 0.2) is 5.60 Å². The number of carbonyl (C=O) groups excluding carboxylic acids is 3. The molecule has 0 aromatic carbocycles. The van der Waals surface area contributed by atoms with Crippen molar-refractivity contribution >= 4 is 17.8 Å². The van der Waals surface area contributed by atoms with Gasteiger partial charge < -0.3 is 15.3 Å². The van der Waals surface area contributed by atoms with E-state index in [1.54, 1.807) is 4.90 Å². The van der Waals surface area contributed by atoms with E-state index < -0.39 is 17.2 Å². The van der Waals surface area contributed by atoms with Crippen molar-refractivity contribution in [3.05, 3.63) is 0 Å². The molecule has 2 aliphatic carbocycles. The van der Waals surface area contributed by atoms with E-state index in [-0.39, 0.29) is 24.4 Å². The fourth-order valence-electron chi connectivity index (χ4n) is 5.62. The molecule has 3 saturated heterocycles. The lowest BCUT2D eigenvalue weighted by Gasteiger charge is -2.38. The van der Waals surface area contributed by atoms with Gasteiger partial charge in [-0.25, -0.2) is 4.79 Å². The van der Waals surface area contributed by atoms with Crippen LogP contribution in [0.1, 0.15) is 51.9 Å². The van der Waals surface area contributed by atoms with Crippen LogP contribution in [-0.4, -0.2) is 86.6 Å². The summed E-state index contributed by atoms with van der Waals surface area (Å²) in [5.74, 6) is -0.653. The van der Waals surface area contributed by atoms with Gasteiger partial charge >= 0.3 is 6.03 Å². The molecule has 1 unspecified atom stereocenters. The van der Waals surface area contributed by atoms with Crippen LogP contribution >= 0.6 is 0 Å². The number of rotatable bonds is 4. The summed E-state index contributed by atoms with van der Waals surface area (Å²) in [5, 5.41) is 13.7. The number of fused-ring (bicyclic) bond motifs is 2. The largest absolute Gasteiger partial charge is 0.378 e. The van der Waals surface area contributed by atoms with Gasteiger partial charge in [-0.2, -0.15) is 0 Å². The van der Waals surface area contributed by atoms with Gasteiger partial charge in [0.1, 0.15) is 5.54 Å². The molecular weight excluding hydrogens is 348 g/mol. The summed E-state index contributed by atoms with van der Waals surface area (Å²) in [5.41, 5.74) is -2.57. The van der Waals surface area contributed by atoms with Crippen LogP contribution in [0.3, 0.4) is 0 Å². The number of piperazine rings is 1. The van der Waals surface area contributed by atoms with E-state index in [4.69, 9.17) is 0 Å². The van der Waals surface area contributed by atoms with E-state index in [1.165, 1.54) is 19.8 Å². The molecule has 2 N–H and O–H groups in total. The molecule has 3 atom stereocenters. The molecule has 0 aromatic rings. The third-order valence-electron chi connectivity index (χ3n) is 7.19. The quantitative estimate of drug-likeness (QED) is 0.677. The lowest BCUT2D eigenvalue weighted by Crippen LogP contribution is -2.59. The summed E-state index contributed by atoms with van der Waals surface area (Å²) in [4.78, 5) is 43.6. The van der Waals surface area contributed by atoms with Crippen molar-refractivity contribution < 1.29 is 19.5 Å². The molecule has 0 aromatic heterocycles. The monoisotopic (exact) mass is 376 g/mol. The van der Waals surface area contributed by atoms with Crippen molar-refractivity contribution in [2.75, 3.05) is 19.6 Å². The van der Waals surface area contributed by atoms with Crippen LogP contribution in [0.15, 0.2) is 0 Å². The Kier molecular flexibility index (Phi) is 3.66. The average molecular weight is 376 g/mol. The van der Waals surface area contributed by atoms with Gasteiger partial charge in [-0.3, -0.25) is 19.4 Å². The second-order valence-electron chi connectivity index (χ2n) is 9.31. The molecule has 0 radical (unpaired) electrons. The molecule has 8 nitrogen and oxygen atoms in total. The lowest BCUT2D eigenvalue weighted by molar-refractivity contribution is -0.154. The number of likely N-dealkylation sites (tertiary alicyclic amines) is 2. The summed E-state index contributed by atoms with van der Waals surface area (Å²) in [7, 11) is 0. The normalized spacial score (nSPS) is 34.6. The molecule has 3 heterocycles. The number of imide groups is 1. The van der Waals surface area contributed by atoms with E-state index in [1.807, 2.05) is 0 Å². The molecule has 8 heteroatoms. The van der Waals surface area contributed by atoms with Crippen LogP contribution in [0.5, 0.6) is 0 Å². The number of hydrogen-bond acceptors (Lipinski definition) is 5. The third-order valence-corrected chi connectivity index (χ3v) is 7.19. The zero-order valence-electron chi connectivity index (χ0n) is 15.8. The Hall–Kier alpha value is -1.67. The Morgan fingerprint density at radius 1 is 1.19 bits per heavy atom. The second kappa shape index (κ2) is 5.67. The van der Waals surface area contributed by atoms with Crippen LogP contribution in [0.4, 0.5) is 4.79 Å². The number of nitrogens with zero attached hydrogens (tertiary/aromatic N) is 3. The van der Waals surface area contributed by atoms with E-state index >= 15 is 0 Å². The minimum Gasteiger partial charge on any atom is -0.378 e. The highest BCUT2D eigenvalue weighted by Crippen LogP contribution is 2.40. The van der Waals surface area contributed by atoms with Gasteiger partial charge in [0.05, 0.1) is 6.54 Å².